The number of nitrogen functional groups attached to an aromatic ring is 1. The molecule has 0 aliphatic carbocycles. The van der Waals surface area contributed by atoms with Gasteiger partial charge in [0.05, 0.1) is 21.2 Å². The van der Waals surface area contributed by atoms with Crippen molar-refractivity contribution < 1.29 is 9.85 Å². The van der Waals surface area contributed by atoms with Gasteiger partial charge in [-0.2, -0.15) is 0 Å². The Bertz CT molecular complexity index is 1400. The summed E-state index contributed by atoms with van der Waals surface area (Å²) in [4.78, 5) is 29.0. The molecular formula is C21H16N8O4. The Labute approximate surface area is 186 Å². The average Bonchev–Trinajstić information content (AvgIpc) is 2.82. The smallest absolute Gasteiger partial charge is 0.287 e. The molecule has 0 unspecified atom stereocenters. The first-order valence-corrected chi connectivity index (χ1v) is 9.55. The van der Waals surface area contributed by atoms with Crippen LogP contribution in [0.1, 0.15) is 5.56 Å². The molecule has 0 fully saturated rings. The van der Waals surface area contributed by atoms with Crippen molar-refractivity contribution in [2.45, 2.75) is 6.92 Å². The molecule has 0 aliphatic rings. The highest BCUT2D eigenvalue weighted by molar-refractivity contribution is 6.08. The van der Waals surface area contributed by atoms with Gasteiger partial charge in [0.2, 0.25) is 0 Å². The summed E-state index contributed by atoms with van der Waals surface area (Å²) in [6.45, 7) is 1.82. The molecule has 0 radical (unpaired) electrons. The first kappa shape index (κ1) is 21.4. The molecule has 33 heavy (non-hydrogen) atoms. The zero-order valence-electron chi connectivity index (χ0n) is 17.2. The van der Waals surface area contributed by atoms with Gasteiger partial charge in [-0.05, 0) is 30.0 Å². The monoisotopic (exact) mass is 444 g/mol. The number of nitrogens with one attached hydrogen (secondary N) is 1. The Morgan fingerprint density at radius 3 is 2.06 bits per heavy atom. The van der Waals surface area contributed by atoms with E-state index in [0.29, 0.717) is 28.0 Å². The summed E-state index contributed by atoms with van der Waals surface area (Å²) in [7, 11) is 0. The number of aromatic nitrogens is 2. The van der Waals surface area contributed by atoms with Crippen molar-refractivity contribution in [1.29, 1.82) is 0 Å². The highest BCUT2D eigenvalue weighted by Crippen LogP contribution is 2.44. The van der Waals surface area contributed by atoms with Gasteiger partial charge in [0.25, 0.3) is 11.4 Å². The molecule has 3 N–H and O–H groups in total. The number of nitrogens with two attached hydrogens (primary N) is 1. The maximum Gasteiger partial charge on any atom is 0.287 e. The van der Waals surface area contributed by atoms with Crippen LogP contribution < -0.4 is 11.3 Å². The second kappa shape index (κ2) is 8.72. The van der Waals surface area contributed by atoms with Gasteiger partial charge in [-0.1, -0.05) is 24.3 Å². The van der Waals surface area contributed by atoms with Gasteiger partial charge < -0.3 is 5.43 Å². The van der Waals surface area contributed by atoms with Crippen molar-refractivity contribution in [2.75, 3.05) is 5.43 Å². The lowest BCUT2D eigenvalue weighted by atomic mass is 9.94. The Hall–Kier alpha value is -4.84. The van der Waals surface area contributed by atoms with E-state index in [1.165, 1.54) is 24.4 Å². The second-order valence-corrected chi connectivity index (χ2v) is 6.90. The quantitative estimate of drug-likeness (QED) is 0.178. The van der Waals surface area contributed by atoms with Crippen molar-refractivity contribution >= 4 is 39.3 Å². The topological polar surface area (TPSA) is 175 Å². The summed E-state index contributed by atoms with van der Waals surface area (Å²) in [5, 5.41) is 31.7. The SMILES string of the molecule is Cc1c(NN)c(N=Nc2ccc([N+](=O)[O-])cn2)c2ccccc2c1-c1ccc([N+](=O)[O-])cn1. The molecule has 0 bridgehead atoms. The number of azo groups is 1. The molecule has 164 valence electrons. The summed E-state index contributed by atoms with van der Waals surface area (Å²) in [6, 6.07) is 13.0. The fourth-order valence-electron chi connectivity index (χ4n) is 3.45. The zero-order valence-corrected chi connectivity index (χ0v) is 17.2. The maximum absolute atomic E-state index is 11.0. The van der Waals surface area contributed by atoms with E-state index in [2.05, 4.69) is 25.6 Å². The highest BCUT2D eigenvalue weighted by Gasteiger charge is 2.19. The molecule has 12 heteroatoms. The minimum Gasteiger partial charge on any atom is -0.322 e. The van der Waals surface area contributed by atoms with Crippen LogP contribution >= 0.6 is 0 Å². The van der Waals surface area contributed by atoms with Crippen molar-refractivity contribution in [3.8, 4) is 11.3 Å². The van der Waals surface area contributed by atoms with Crippen molar-refractivity contribution in [2.24, 2.45) is 16.1 Å². The molecular weight excluding hydrogens is 428 g/mol. The largest absolute Gasteiger partial charge is 0.322 e. The van der Waals surface area contributed by atoms with Crippen molar-refractivity contribution in [3.05, 3.63) is 86.7 Å². The maximum atomic E-state index is 11.0. The first-order valence-electron chi connectivity index (χ1n) is 9.55. The van der Waals surface area contributed by atoms with Crippen LogP contribution in [-0.4, -0.2) is 19.8 Å². The third-order valence-electron chi connectivity index (χ3n) is 4.99. The number of hydrazine groups is 1. The van der Waals surface area contributed by atoms with Gasteiger partial charge in [0.15, 0.2) is 5.82 Å². The Balaban J connectivity index is 1.87. The molecule has 0 saturated carbocycles. The number of nitro groups is 2. The van der Waals surface area contributed by atoms with Crippen LogP contribution in [-0.2, 0) is 0 Å². The molecule has 0 amide bonds. The van der Waals surface area contributed by atoms with Crippen LogP contribution in [0.2, 0.25) is 0 Å². The van der Waals surface area contributed by atoms with Gasteiger partial charge >= 0.3 is 0 Å². The molecule has 4 rings (SSSR count). The van der Waals surface area contributed by atoms with Crippen LogP contribution in [0.4, 0.5) is 28.6 Å². The zero-order chi connectivity index (χ0) is 23.5. The Morgan fingerprint density at radius 2 is 1.52 bits per heavy atom. The predicted octanol–water partition coefficient (Wildman–Crippen LogP) is 5.12. The summed E-state index contributed by atoms with van der Waals surface area (Å²) in [6.07, 6.45) is 2.30. The summed E-state index contributed by atoms with van der Waals surface area (Å²) >= 11 is 0. The molecule has 0 atom stereocenters. The van der Waals surface area contributed by atoms with E-state index >= 15 is 0 Å². The second-order valence-electron chi connectivity index (χ2n) is 6.90. The Kier molecular flexibility index (Phi) is 5.66. The van der Waals surface area contributed by atoms with Crippen LogP contribution in [0.5, 0.6) is 0 Å². The van der Waals surface area contributed by atoms with E-state index < -0.39 is 9.85 Å². The van der Waals surface area contributed by atoms with E-state index in [4.69, 9.17) is 5.84 Å². The molecule has 0 aliphatic heterocycles. The number of fused-ring (bicyclic) bond motifs is 1. The van der Waals surface area contributed by atoms with Crippen LogP contribution in [0.15, 0.2) is 71.2 Å². The standard InChI is InChI=1S/C21H16N8O4/c1-12-19(17-8-6-13(10-23-17)28(30)31)15-4-2-3-5-16(15)21(20(12)25-22)27-26-18-9-7-14(11-24-18)29(32)33/h2-11,25H,22H2,1H3. The van der Waals surface area contributed by atoms with Gasteiger partial charge in [-0.15, -0.1) is 10.2 Å². The number of benzene rings is 2. The first-order chi connectivity index (χ1) is 15.9. The fourth-order valence-corrected chi connectivity index (χ4v) is 3.45. The fraction of sp³-hybridized carbons (Fsp3) is 0.0476. The number of nitrogens with zero attached hydrogens (tertiary/aromatic N) is 6. The average molecular weight is 444 g/mol. The van der Waals surface area contributed by atoms with E-state index in [9.17, 15) is 20.2 Å². The molecule has 0 saturated heterocycles. The van der Waals surface area contributed by atoms with E-state index in [0.717, 1.165) is 17.1 Å². The number of pyridine rings is 2. The molecule has 2 aromatic heterocycles. The number of hydrogen-bond acceptors (Lipinski definition) is 10. The van der Waals surface area contributed by atoms with E-state index in [1.807, 2.05) is 31.2 Å². The predicted molar refractivity (Wildman–Crippen MR) is 121 cm³/mol. The highest BCUT2D eigenvalue weighted by atomic mass is 16.6. The van der Waals surface area contributed by atoms with Crippen LogP contribution in [0, 0.1) is 27.2 Å². The number of hydrogen-bond donors (Lipinski definition) is 2. The van der Waals surface area contributed by atoms with Crippen LogP contribution in [0.25, 0.3) is 22.0 Å². The normalized spacial score (nSPS) is 11.1. The van der Waals surface area contributed by atoms with E-state index in [-0.39, 0.29) is 17.2 Å². The summed E-state index contributed by atoms with van der Waals surface area (Å²) < 4.78 is 0. The summed E-state index contributed by atoms with van der Waals surface area (Å²) in [5.41, 5.74) is 5.30. The molecule has 4 aromatic rings. The van der Waals surface area contributed by atoms with Gasteiger partial charge in [0, 0.05) is 23.1 Å². The van der Waals surface area contributed by atoms with Gasteiger partial charge in [-0.25, -0.2) is 9.97 Å². The molecule has 0 spiro atoms. The van der Waals surface area contributed by atoms with Crippen molar-refractivity contribution in [1.82, 2.24) is 9.97 Å². The van der Waals surface area contributed by atoms with Crippen LogP contribution in [0.3, 0.4) is 0 Å². The third-order valence-corrected chi connectivity index (χ3v) is 4.99. The molecule has 2 aromatic carbocycles. The minimum absolute atomic E-state index is 0.112. The lowest BCUT2D eigenvalue weighted by Crippen LogP contribution is -2.09. The lowest BCUT2D eigenvalue weighted by Gasteiger charge is -2.17. The van der Waals surface area contributed by atoms with Crippen molar-refractivity contribution in [3.63, 3.8) is 0 Å². The Morgan fingerprint density at radius 1 is 0.879 bits per heavy atom. The number of rotatable bonds is 6. The number of anilines is 1. The minimum atomic E-state index is -0.549. The van der Waals surface area contributed by atoms with Gasteiger partial charge in [0.1, 0.15) is 18.1 Å². The van der Waals surface area contributed by atoms with E-state index in [1.54, 1.807) is 6.07 Å². The summed E-state index contributed by atoms with van der Waals surface area (Å²) in [5.74, 6) is 6.01. The third kappa shape index (κ3) is 4.05. The molecule has 2 heterocycles. The molecule has 12 nitrogen and oxygen atoms in total. The van der Waals surface area contributed by atoms with Gasteiger partial charge in [-0.3, -0.25) is 26.1 Å². The lowest BCUT2D eigenvalue weighted by molar-refractivity contribution is -0.385.